The average Bonchev–Trinajstić information content (AvgIpc) is 2.93. The van der Waals surface area contributed by atoms with E-state index in [9.17, 15) is 0 Å². The predicted octanol–water partition coefficient (Wildman–Crippen LogP) is 1.84. The second-order valence-electron chi connectivity index (χ2n) is 4.79. The fourth-order valence-corrected chi connectivity index (χ4v) is 2.56. The van der Waals surface area contributed by atoms with Gasteiger partial charge in [-0.1, -0.05) is 6.07 Å². The van der Waals surface area contributed by atoms with E-state index in [1.165, 1.54) is 11.3 Å². The van der Waals surface area contributed by atoms with Crippen molar-refractivity contribution in [3.63, 3.8) is 0 Å². The number of aromatic nitrogens is 2. The molecule has 1 aliphatic rings. The molecule has 0 aliphatic carbocycles. The first-order valence-electron chi connectivity index (χ1n) is 6.35. The summed E-state index contributed by atoms with van der Waals surface area (Å²) in [6.45, 7) is 5.11. The molecule has 18 heavy (non-hydrogen) atoms. The van der Waals surface area contributed by atoms with Crippen molar-refractivity contribution in [2.24, 2.45) is 0 Å². The highest BCUT2D eigenvalue weighted by atomic mass is 15.2. The molecule has 1 aromatic heterocycles. The number of nitrogens with zero attached hydrogens (tertiary/aromatic N) is 3. The summed E-state index contributed by atoms with van der Waals surface area (Å²) < 4.78 is 2.18. The number of rotatable bonds is 3. The Bertz CT molecular complexity index is 559. The molecule has 94 valence electrons. The monoisotopic (exact) mass is 242 g/mol. The van der Waals surface area contributed by atoms with Crippen LogP contribution in [0.1, 0.15) is 11.4 Å². The van der Waals surface area contributed by atoms with Gasteiger partial charge in [0.05, 0.1) is 0 Å². The van der Waals surface area contributed by atoms with Gasteiger partial charge in [-0.2, -0.15) is 0 Å². The maximum absolute atomic E-state index is 5.87. The van der Waals surface area contributed by atoms with Crippen LogP contribution in [0, 0.1) is 6.92 Å². The Morgan fingerprint density at radius 3 is 3.00 bits per heavy atom. The molecule has 0 atom stereocenters. The van der Waals surface area contributed by atoms with Gasteiger partial charge in [-0.15, -0.1) is 0 Å². The van der Waals surface area contributed by atoms with Crippen LogP contribution in [0.25, 0.3) is 0 Å². The van der Waals surface area contributed by atoms with Gasteiger partial charge in [0.1, 0.15) is 5.82 Å². The number of imidazole rings is 1. The lowest BCUT2D eigenvalue weighted by Gasteiger charge is -2.20. The third-order valence-corrected chi connectivity index (χ3v) is 3.64. The molecule has 4 nitrogen and oxygen atoms in total. The normalized spacial score (nSPS) is 13.9. The quantitative estimate of drug-likeness (QED) is 0.835. The molecule has 2 N–H and O–H groups in total. The highest BCUT2D eigenvalue weighted by Crippen LogP contribution is 2.29. The molecular weight excluding hydrogens is 224 g/mol. The second kappa shape index (κ2) is 4.37. The van der Waals surface area contributed by atoms with E-state index in [1.807, 2.05) is 25.4 Å². The van der Waals surface area contributed by atoms with E-state index in [1.54, 1.807) is 0 Å². The van der Waals surface area contributed by atoms with Crippen molar-refractivity contribution in [3.8, 4) is 0 Å². The van der Waals surface area contributed by atoms with E-state index in [0.29, 0.717) is 0 Å². The van der Waals surface area contributed by atoms with Gasteiger partial charge in [-0.25, -0.2) is 4.98 Å². The number of hydrogen-bond donors (Lipinski definition) is 1. The van der Waals surface area contributed by atoms with Gasteiger partial charge in [0.15, 0.2) is 0 Å². The van der Waals surface area contributed by atoms with Crippen LogP contribution in [-0.2, 0) is 13.0 Å². The molecule has 0 radical (unpaired) electrons. The highest BCUT2D eigenvalue weighted by molar-refractivity contribution is 5.64. The molecule has 0 spiro atoms. The van der Waals surface area contributed by atoms with Crippen LogP contribution in [0.4, 0.5) is 11.4 Å². The van der Waals surface area contributed by atoms with Crippen molar-refractivity contribution < 1.29 is 0 Å². The molecular formula is C14H18N4. The van der Waals surface area contributed by atoms with Gasteiger partial charge in [0, 0.05) is 43.4 Å². The molecule has 0 saturated carbocycles. The molecule has 0 unspecified atom stereocenters. The first-order valence-corrected chi connectivity index (χ1v) is 6.35. The van der Waals surface area contributed by atoms with Crippen molar-refractivity contribution in [1.82, 2.24) is 9.55 Å². The minimum atomic E-state index is 0.847. The number of hydrogen-bond acceptors (Lipinski definition) is 3. The van der Waals surface area contributed by atoms with E-state index < -0.39 is 0 Å². The molecule has 3 rings (SSSR count). The van der Waals surface area contributed by atoms with Crippen LogP contribution in [-0.4, -0.2) is 22.6 Å². The lowest BCUT2D eigenvalue weighted by molar-refractivity contribution is 0.651. The largest absolute Gasteiger partial charge is 0.399 e. The van der Waals surface area contributed by atoms with Crippen LogP contribution >= 0.6 is 0 Å². The molecule has 1 aromatic carbocycles. The van der Waals surface area contributed by atoms with Crippen molar-refractivity contribution in [2.45, 2.75) is 19.9 Å². The zero-order chi connectivity index (χ0) is 12.5. The summed E-state index contributed by atoms with van der Waals surface area (Å²) >= 11 is 0. The first kappa shape index (κ1) is 11.1. The highest BCUT2D eigenvalue weighted by Gasteiger charge is 2.18. The number of aryl methyl sites for hydroxylation is 1. The van der Waals surface area contributed by atoms with Gasteiger partial charge in [0.2, 0.25) is 0 Å². The maximum Gasteiger partial charge on any atom is 0.105 e. The Hall–Kier alpha value is -1.97. The van der Waals surface area contributed by atoms with Crippen LogP contribution in [0.2, 0.25) is 0 Å². The Balaban J connectivity index is 1.73. The fraction of sp³-hybridized carbons (Fsp3) is 0.357. The van der Waals surface area contributed by atoms with E-state index in [4.69, 9.17) is 5.73 Å². The SMILES string of the molecule is Cc1nccn1CCN1CCc2ccc(N)cc21. The molecule has 0 saturated heterocycles. The Morgan fingerprint density at radius 1 is 1.33 bits per heavy atom. The van der Waals surface area contributed by atoms with Gasteiger partial charge in [-0.05, 0) is 31.0 Å². The number of nitrogens with two attached hydrogens (primary N) is 1. The number of fused-ring (bicyclic) bond motifs is 1. The third-order valence-electron chi connectivity index (χ3n) is 3.64. The number of benzene rings is 1. The van der Waals surface area contributed by atoms with Crippen molar-refractivity contribution in [3.05, 3.63) is 42.0 Å². The predicted molar refractivity (Wildman–Crippen MR) is 73.7 cm³/mol. The molecule has 1 aliphatic heterocycles. The molecule has 2 heterocycles. The van der Waals surface area contributed by atoms with E-state index in [2.05, 4.69) is 26.6 Å². The summed E-state index contributed by atoms with van der Waals surface area (Å²) in [7, 11) is 0. The molecule has 0 amide bonds. The molecule has 2 aromatic rings. The average molecular weight is 242 g/mol. The first-order chi connectivity index (χ1) is 8.74. The van der Waals surface area contributed by atoms with Gasteiger partial charge in [-0.3, -0.25) is 0 Å². The zero-order valence-corrected chi connectivity index (χ0v) is 10.6. The number of anilines is 2. The smallest absolute Gasteiger partial charge is 0.105 e. The van der Waals surface area contributed by atoms with Crippen molar-refractivity contribution >= 4 is 11.4 Å². The summed E-state index contributed by atoms with van der Waals surface area (Å²) in [5.74, 6) is 1.07. The van der Waals surface area contributed by atoms with Crippen LogP contribution < -0.4 is 10.6 Å². The Kier molecular flexibility index (Phi) is 2.70. The van der Waals surface area contributed by atoms with E-state index in [0.717, 1.165) is 37.6 Å². The molecule has 0 bridgehead atoms. The van der Waals surface area contributed by atoms with E-state index >= 15 is 0 Å². The minimum Gasteiger partial charge on any atom is -0.399 e. The van der Waals surface area contributed by atoms with E-state index in [-0.39, 0.29) is 0 Å². The van der Waals surface area contributed by atoms with Crippen molar-refractivity contribution in [1.29, 1.82) is 0 Å². The summed E-state index contributed by atoms with van der Waals surface area (Å²) in [6.07, 6.45) is 5.01. The zero-order valence-electron chi connectivity index (χ0n) is 10.6. The standard InChI is InChI=1S/C14H18N4/c1-11-16-5-7-17(11)8-9-18-6-4-12-2-3-13(15)10-14(12)18/h2-3,5,7,10H,4,6,8-9,15H2,1H3. The van der Waals surface area contributed by atoms with Crippen LogP contribution in [0.5, 0.6) is 0 Å². The molecule has 4 heteroatoms. The van der Waals surface area contributed by atoms with Crippen molar-refractivity contribution in [2.75, 3.05) is 23.7 Å². The minimum absolute atomic E-state index is 0.847. The second-order valence-corrected chi connectivity index (χ2v) is 4.79. The Labute approximate surface area is 107 Å². The topological polar surface area (TPSA) is 47.1 Å². The fourth-order valence-electron chi connectivity index (χ4n) is 2.56. The van der Waals surface area contributed by atoms with Crippen LogP contribution in [0.3, 0.4) is 0 Å². The maximum atomic E-state index is 5.87. The summed E-state index contributed by atoms with van der Waals surface area (Å²) in [4.78, 5) is 6.65. The molecule has 0 fully saturated rings. The summed E-state index contributed by atoms with van der Waals surface area (Å²) in [5, 5.41) is 0. The van der Waals surface area contributed by atoms with Gasteiger partial charge >= 0.3 is 0 Å². The van der Waals surface area contributed by atoms with Crippen LogP contribution in [0.15, 0.2) is 30.6 Å². The summed E-state index contributed by atoms with van der Waals surface area (Å²) in [5.41, 5.74) is 9.42. The third kappa shape index (κ3) is 1.94. The summed E-state index contributed by atoms with van der Waals surface area (Å²) in [6, 6.07) is 6.22. The Morgan fingerprint density at radius 2 is 2.22 bits per heavy atom. The lowest BCUT2D eigenvalue weighted by atomic mass is 10.1. The number of nitrogen functional groups attached to an aromatic ring is 1. The lowest BCUT2D eigenvalue weighted by Crippen LogP contribution is -2.25. The van der Waals surface area contributed by atoms with Gasteiger partial charge in [0.25, 0.3) is 0 Å². The van der Waals surface area contributed by atoms with Gasteiger partial charge < -0.3 is 15.2 Å².